The quantitative estimate of drug-likeness (QED) is 0.101. The van der Waals surface area contributed by atoms with Crippen molar-refractivity contribution in [3.63, 3.8) is 0 Å². The molecule has 5 rings (SSSR count). The lowest BCUT2D eigenvalue weighted by atomic mass is 9.97. The summed E-state index contributed by atoms with van der Waals surface area (Å²) in [4.78, 5) is 173. The van der Waals surface area contributed by atoms with Crippen LogP contribution in [0.4, 0.5) is 0 Å². The Balaban J connectivity index is 1.68. The molecule has 0 radical (unpaired) electrons. The molecule has 26 heteroatoms. The fraction of sp³-hybridized carbons (Fsp3) is 0.623. The molecule has 3 aromatic rings. The van der Waals surface area contributed by atoms with Gasteiger partial charge in [0.05, 0.1) is 37.3 Å². The summed E-state index contributed by atoms with van der Waals surface area (Å²) in [5.41, 5.74) is 1.42. The number of nitrogens with one attached hydrogen (secondary N) is 5. The molecule has 26 nitrogen and oxygen atoms in total. The third-order valence-corrected chi connectivity index (χ3v) is 19.3. The number of aliphatic hydroxyl groups excluding tert-OH is 2. The van der Waals surface area contributed by atoms with Crippen molar-refractivity contribution in [3.8, 4) is 0 Å². The maximum absolute atomic E-state index is 15.3. The Kier molecular flexibility index (Phi) is 33.2. The minimum absolute atomic E-state index is 0.0514. The zero-order valence-electron chi connectivity index (χ0n) is 63.9. The van der Waals surface area contributed by atoms with Crippen molar-refractivity contribution in [2.75, 3.05) is 68.5 Å². The molecule has 12 atom stereocenters. The fourth-order valence-corrected chi connectivity index (χ4v) is 12.8. The predicted octanol–water partition coefficient (Wildman–Crippen LogP) is 3.68. The maximum atomic E-state index is 15.3. The summed E-state index contributed by atoms with van der Waals surface area (Å²) < 4.78 is 6.21. The van der Waals surface area contributed by atoms with Gasteiger partial charge in [-0.25, -0.2) is 0 Å². The fourth-order valence-electron chi connectivity index (χ4n) is 12.8. The minimum atomic E-state index is -1.66. The minimum Gasteiger partial charge on any atom is -0.391 e. The van der Waals surface area contributed by atoms with E-state index in [2.05, 4.69) is 26.6 Å². The lowest BCUT2D eigenvalue weighted by Crippen LogP contribution is -2.62. The van der Waals surface area contributed by atoms with Gasteiger partial charge in [0.15, 0.2) is 0 Å². The Morgan fingerprint density at radius 1 is 0.553 bits per heavy atom. The molecule has 11 amide bonds. The molecular formula is C77H118N12O14. The van der Waals surface area contributed by atoms with Crippen LogP contribution in [0.2, 0.25) is 0 Å². The molecule has 0 saturated carbocycles. The van der Waals surface area contributed by atoms with Crippen LogP contribution in [0.5, 0.6) is 0 Å². The van der Waals surface area contributed by atoms with Gasteiger partial charge in [-0.3, -0.25) is 58.1 Å². The topological polar surface area (TPSA) is 320 Å². The molecule has 2 aliphatic heterocycles. The Morgan fingerprint density at radius 2 is 1.06 bits per heavy atom. The first-order valence-electron chi connectivity index (χ1n) is 36.4. The molecule has 103 heavy (non-hydrogen) atoms. The van der Waals surface area contributed by atoms with Gasteiger partial charge in [0.2, 0.25) is 65.0 Å². The summed E-state index contributed by atoms with van der Waals surface area (Å²) in [6, 6.07) is 13.8. The largest absolute Gasteiger partial charge is 0.391 e. The molecule has 0 aromatic heterocycles. The number of hydrogen-bond acceptors (Lipinski definition) is 15. The number of likely N-dealkylation sites (tertiary alicyclic amines) is 1. The predicted molar refractivity (Wildman–Crippen MR) is 393 cm³/mol. The zero-order chi connectivity index (χ0) is 76.7. The van der Waals surface area contributed by atoms with Crippen molar-refractivity contribution < 1.29 is 67.7 Å². The Hall–Kier alpha value is -8.33. The molecular weight excluding hydrogens is 1320 g/mol. The molecule has 2 aliphatic rings. The van der Waals surface area contributed by atoms with Crippen molar-refractivity contribution in [1.82, 2.24) is 60.9 Å². The van der Waals surface area contributed by atoms with E-state index in [-0.39, 0.29) is 50.5 Å². The lowest BCUT2D eigenvalue weighted by Gasteiger charge is -2.39. The van der Waals surface area contributed by atoms with Gasteiger partial charge in [0.25, 0.3) is 0 Å². The van der Waals surface area contributed by atoms with Gasteiger partial charge < -0.3 is 70.5 Å². The van der Waals surface area contributed by atoms with E-state index in [0.717, 1.165) is 21.8 Å². The van der Waals surface area contributed by atoms with Crippen LogP contribution in [-0.4, -0.2) is 256 Å². The average molecular weight is 1440 g/mol. The zero-order valence-corrected chi connectivity index (χ0v) is 63.9. The summed E-state index contributed by atoms with van der Waals surface area (Å²) in [5.74, 6) is -9.08. The van der Waals surface area contributed by atoms with Crippen molar-refractivity contribution in [2.45, 2.75) is 225 Å². The number of benzene rings is 3. The van der Waals surface area contributed by atoms with Crippen molar-refractivity contribution in [1.29, 1.82) is 0 Å². The van der Waals surface area contributed by atoms with Gasteiger partial charge in [-0.05, 0) is 120 Å². The van der Waals surface area contributed by atoms with Crippen LogP contribution in [0, 0.1) is 17.8 Å². The normalized spacial score (nSPS) is 25.4. The number of hydrogen-bond donors (Lipinski definition) is 7. The van der Waals surface area contributed by atoms with E-state index in [9.17, 15) is 39.0 Å². The van der Waals surface area contributed by atoms with E-state index >= 15 is 24.0 Å². The highest BCUT2D eigenvalue weighted by Gasteiger charge is 2.43. The molecule has 570 valence electrons. The monoisotopic (exact) mass is 1430 g/mol. The molecule has 1 unspecified atom stereocenters. The molecule has 2 fully saturated rings. The van der Waals surface area contributed by atoms with Crippen molar-refractivity contribution in [2.24, 2.45) is 17.8 Å². The Bertz CT molecular complexity index is 3290. The number of amides is 11. The summed E-state index contributed by atoms with van der Waals surface area (Å²) in [5, 5.41) is 38.0. The highest BCUT2D eigenvalue weighted by Crippen LogP contribution is 2.23. The van der Waals surface area contributed by atoms with Crippen LogP contribution < -0.4 is 26.6 Å². The van der Waals surface area contributed by atoms with Crippen LogP contribution in [-0.2, 0) is 76.7 Å². The van der Waals surface area contributed by atoms with E-state index in [0.29, 0.717) is 49.9 Å². The van der Waals surface area contributed by atoms with E-state index < -0.39 is 162 Å². The van der Waals surface area contributed by atoms with Crippen LogP contribution in [0.3, 0.4) is 0 Å². The Morgan fingerprint density at radius 3 is 1.58 bits per heavy atom. The second-order valence-electron chi connectivity index (χ2n) is 30.1. The summed E-state index contributed by atoms with van der Waals surface area (Å²) in [7, 11) is 8.38. The summed E-state index contributed by atoms with van der Waals surface area (Å²) >= 11 is 0. The number of aliphatic hydroxyl groups is 2. The van der Waals surface area contributed by atoms with E-state index in [4.69, 9.17) is 4.74 Å². The van der Waals surface area contributed by atoms with E-state index in [1.807, 2.05) is 58.0 Å². The molecule has 0 bridgehead atoms. The highest BCUT2D eigenvalue weighted by molar-refractivity contribution is 5.99. The second-order valence-corrected chi connectivity index (χ2v) is 30.1. The number of piperidine rings is 1. The van der Waals surface area contributed by atoms with Gasteiger partial charge >= 0.3 is 0 Å². The molecule has 2 saturated heterocycles. The van der Waals surface area contributed by atoms with Gasteiger partial charge in [-0.2, -0.15) is 0 Å². The average Bonchev–Trinajstić information content (AvgIpc) is 0.822. The van der Waals surface area contributed by atoms with Crippen LogP contribution in [0.1, 0.15) is 144 Å². The lowest BCUT2D eigenvalue weighted by molar-refractivity contribution is -0.151. The summed E-state index contributed by atoms with van der Waals surface area (Å²) in [6.45, 7) is 18.6. The van der Waals surface area contributed by atoms with Crippen LogP contribution in [0.25, 0.3) is 0 Å². The van der Waals surface area contributed by atoms with Gasteiger partial charge in [0, 0.05) is 68.2 Å². The summed E-state index contributed by atoms with van der Waals surface area (Å²) in [6.07, 6.45) is -0.627. The molecule has 2 heterocycles. The van der Waals surface area contributed by atoms with Crippen LogP contribution in [0.15, 0.2) is 91.0 Å². The molecule has 3 aromatic carbocycles. The number of rotatable bonds is 17. The first-order chi connectivity index (χ1) is 48.4. The number of ether oxygens (including phenoxy) is 1. The molecule has 7 N–H and O–H groups in total. The number of carbonyl (C=O) groups excluding carboxylic acids is 11. The van der Waals surface area contributed by atoms with Gasteiger partial charge in [0.1, 0.15) is 60.6 Å². The SMILES string of the molecule is CC(C)C[C@H]1C(=O)N[C@@H]([C@@H](C)O)C(=O)N(C)CC(=O)N(C)[C@@H](CC(C)C)C(O)N[C@@H](COC(C)(C)C)C(=O)N(C)[C@@H](Cc2ccccc2)C(=O)N(C)[C@@H](C)C(=O)N[C@H](C(=O)N2CCCCC2)CC(=O)N[C@H](C(C)C)C(=O)N(C)[C@@H](Cc2ccccc2)C(=O)N[C@@H](CCCc2ccccc2)C(=O)N1C. The number of aryl methyl sites for hydroxylation is 1. The maximum Gasteiger partial charge on any atom is 0.248 e. The first kappa shape index (κ1) is 85.3. The third-order valence-electron chi connectivity index (χ3n) is 19.3. The van der Waals surface area contributed by atoms with Gasteiger partial charge in [-0.1, -0.05) is 133 Å². The molecule has 0 spiro atoms. The van der Waals surface area contributed by atoms with Crippen molar-refractivity contribution in [3.05, 3.63) is 108 Å². The first-order valence-corrected chi connectivity index (χ1v) is 36.4. The second kappa shape index (κ2) is 40.1. The van der Waals surface area contributed by atoms with Gasteiger partial charge in [-0.15, -0.1) is 0 Å². The van der Waals surface area contributed by atoms with Crippen LogP contribution >= 0.6 is 0 Å². The highest BCUT2D eigenvalue weighted by atomic mass is 16.5. The third kappa shape index (κ3) is 25.5. The Labute approximate surface area is 610 Å². The standard InChI is InChI=1S/C77H118N12O14/c1-48(2)41-59-68(94)80-58(47-103-77(9,10)11)72(98)88(17)62(44-55-35-26-20-27-36-55)74(100)84(13)51(7)67(93)79-57(73(99)89-39-28-21-29-40-89)45-63(91)81-65(50(5)6)76(102)87(16)61(43-54-33-24-19-25-34-54)69(95)78-56(38-30-37-53-31-22-18-23-32-53)71(97)86(15)60(42-49(3)4)70(96)82-66(52(8)90)75(101)83(12)46-64(92)85(59)14/h18-20,22-27,31-36,48-52,56-62,65-66,68,80,90,94H,21,28-30,37-47H2,1-17H3,(H,78,95)(H,79,93)(H,81,91)(H,82,96)/t51-,52+,56-,57-,58-,59-,60-,61-,62-,65+,66-,68?/m0/s1. The molecule has 0 aliphatic carbocycles. The van der Waals surface area contributed by atoms with E-state index in [1.165, 1.54) is 75.7 Å². The van der Waals surface area contributed by atoms with Crippen molar-refractivity contribution >= 4 is 65.0 Å². The smallest absolute Gasteiger partial charge is 0.248 e. The number of carbonyl (C=O) groups is 11. The number of likely N-dealkylation sites (N-methyl/N-ethyl adjacent to an activating group) is 6. The van der Waals surface area contributed by atoms with E-state index in [1.54, 1.807) is 100 Å². The number of nitrogens with zero attached hydrogens (tertiary/aromatic N) is 7.